The number of carbonyl (C=O) groups is 1. The molecule has 11 heteroatoms. The van der Waals surface area contributed by atoms with Gasteiger partial charge in [0.05, 0.1) is 20.8 Å². The summed E-state index contributed by atoms with van der Waals surface area (Å²) in [5.41, 5.74) is 1.85. The number of imidazole rings is 1. The summed E-state index contributed by atoms with van der Waals surface area (Å²) < 4.78 is 8.14. The highest BCUT2D eigenvalue weighted by Gasteiger charge is 2.25. The minimum atomic E-state index is -0.158. The van der Waals surface area contributed by atoms with E-state index in [1.54, 1.807) is 17.5 Å². The molecule has 0 aliphatic carbocycles. The first-order valence-electron chi connectivity index (χ1n) is 11.6. The zero-order chi connectivity index (χ0) is 24.5. The van der Waals surface area contributed by atoms with E-state index in [1.165, 1.54) is 11.3 Å². The van der Waals surface area contributed by atoms with Crippen molar-refractivity contribution >= 4 is 40.2 Å². The number of carbonyl (C=O) groups excluding carboxylic acids is 1. The van der Waals surface area contributed by atoms with Crippen LogP contribution in [-0.2, 0) is 6.54 Å². The van der Waals surface area contributed by atoms with Crippen molar-refractivity contribution in [2.75, 3.05) is 13.1 Å². The van der Waals surface area contributed by atoms with Crippen LogP contribution in [-0.4, -0.2) is 55.7 Å². The van der Waals surface area contributed by atoms with Crippen molar-refractivity contribution in [1.29, 1.82) is 0 Å². The lowest BCUT2D eigenvalue weighted by atomic mass is 10.0. The maximum absolute atomic E-state index is 13.1. The molecule has 1 N–H and O–H groups in total. The first-order chi connectivity index (χ1) is 16.9. The number of amides is 1. The molecule has 0 bridgehead atoms. The number of thiophene rings is 1. The molecule has 4 aromatic heterocycles. The zero-order valence-corrected chi connectivity index (χ0v) is 22.2. The number of hydrogen-bond donors (Lipinski definition) is 1. The van der Waals surface area contributed by atoms with Crippen LogP contribution in [0.15, 0.2) is 34.3 Å². The third-order valence-corrected chi connectivity index (χ3v) is 8.18. The summed E-state index contributed by atoms with van der Waals surface area (Å²) in [6.07, 6.45) is 3.66. The summed E-state index contributed by atoms with van der Waals surface area (Å²) in [6, 6.07) is 6.32. The first-order valence-corrected chi connectivity index (χ1v) is 13.7. The number of likely N-dealkylation sites (tertiary alicyclic amines) is 1. The topological polar surface area (TPSA) is 89.1 Å². The number of hydrogen-bond acceptors (Lipinski definition) is 8. The van der Waals surface area contributed by atoms with Crippen molar-refractivity contribution in [2.45, 2.75) is 52.2 Å². The lowest BCUT2D eigenvalue weighted by Crippen LogP contribution is -2.46. The highest BCUT2D eigenvalue weighted by molar-refractivity contribution is 7.19. The number of aryl methyl sites for hydroxylation is 1. The van der Waals surface area contributed by atoms with Gasteiger partial charge in [0, 0.05) is 42.8 Å². The Labute approximate surface area is 216 Å². The molecule has 4 aromatic rings. The summed E-state index contributed by atoms with van der Waals surface area (Å²) >= 11 is 9.05. The van der Waals surface area contributed by atoms with Gasteiger partial charge in [0.15, 0.2) is 11.6 Å². The number of thiazole rings is 1. The number of piperidine rings is 1. The van der Waals surface area contributed by atoms with Gasteiger partial charge in [-0.25, -0.2) is 9.97 Å². The fourth-order valence-corrected chi connectivity index (χ4v) is 5.84. The molecular formula is C24H27ClN6O2S2. The molecule has 0 spiro atoms. The van der Waals surface area contributed by atoms with Gasteiger partial charge >= 0.3 is 0 Å². The molecule has 35 heavy (non-hydrogen) atoms. The van der Waals surface area contributed by atoms with Crippen LogP contribution in [0.1, 0.15) is 47.9 Å². The second-order valence-corrected chi connectivity index (χ2v) is 11.8. The van der Waals surface area contributed by atoms with Crippen molar-refractivity contribution in [1.82, 2.24) is 29.9 Å². The lowest BCUT2D eigenvalue weighted by molar-refractivity contribution is 0.0896. The predicted molar refractivity (Wildman–Crippen MR) is 139 cm³/mol. The molecule has 0 saturated carbocycles. The number of nitrogens with zero attached hydrogens (tertiary/aromatic N) is 5. The standard InChI is InChI=1S/C24H27ClN6O2S2/c1-14(2)30-8-6-16(7-9-30)27-24(32)18-12-31(23(28-18)19-13-34-15(3)26-19)11-17-10-20(33-29-17)21-4-5-22(25)35-21/h4-5,10,12-14,16H,6-9,11H2,1-3H3,(H,27,32). The molecule has 1 saturated heterocycles. The van der Waals surface area contributed by atoms with Crippen LogP contribution in [0.2, 0.25) is 4.34 Å². The van der Waals surface area contributed by atoms with E-state index in [1.807, 2.05) is 35.1 Å². The zero-order valence-electron chi connectivity index (χ0n) is 19.8. The van der Waals surface area contributed by atoms with Crippen molar-refractivity contribution in [3.05, 3.63) is 50.5 Å². The highest BCUT2D eigenvalue weighted by Crippen LogP contribution is 2.32. The van der Waals surface area contributed by atoms with E-state index >= 15 is 0 Å². The van der Waals surface area contributed by atoms with Gasteiger partial charge in [-0.2, -0.15) is 0 Å². The predicted octanol–water partition coefficient (Wildman–Crippen LogP) is 5.34. The van der Waals surface area contributed by atoms with Crippen molar-refractivity contribution < 1.29 is 9.32 Å². The van der Waals surface area contributed by atoms with Crippen LogP contribution in [0, 0.1) is 6.92 Å². The van der Waals surface area contributed by atoms with Gasteiger partial charge in [0.25, 0.3) is 5.91 Å². The molecule has 0 aromatic carbocycles. The fourth-order valence-electron chi connectivity index (χ4n) is 4.26. The largest absolute Gasteiger partial charge is 0.355 e. The van der Waals surface area contributed by atoms with E-state index in [2.05, 4.69) is 39.2 Å². The summed E-state index contributed by atoms with van der Waals surface area (Å²) in [4.78, 5) is 25.7. The SMILES string of the molecule is Cc1nc(-c2nc(C(=O)NC3CCN(C(C)C)CC3)cn2Cc2cc(-c3ccc(Cl)s3)on2)cs1. The Bertz CT molecular complexity index is 1320. The third-order valence-electron chi connectivity index (χ3n) is 6.16. The van der Waals surface area contributed by atoms with Crippen LogP contribution < -0.4 is 5.32 Å². The Morgan fingerprint density at radius 3 is 2.74 bits per heavy atom. The number of aromatic nitrogens is 4. The molecule has 0 atom stereocenters. The molecule has 8 nitrogen and oxygen atoms in total. The van der Waals surface area contributed by atoms with Gasteiger partial charge in [-0.15, -0.1) is 22.7 Å². The van der Waals surface area contributed by atoms with E-state index in [4.69, 9.17) is 16.1 Å². The maximum Gasteiger partial charge on any atom is 0.271 e. The minimum absolute atomic E-state index is 0.156. The summed E-state index contributed by atoms with van der Waals surface area (Å²) in [5, 5.41) is 10.3. The monoisotopic (exact) mass is 530 g/mol. The van der Waals surface area contributed by atoms with E-state index < -0.39 is 0 Å². The molecular weight excluding hydrogens is 504 g/mol. The van der Waals surface area contributed by atoms with Crippen molar-refractivity contribution in [3.8, 4) is 22.2 Å². The van der Waals surface area contributed by atoms with Crippen LogP contribution in [0.3, 0.4) is 0 Å². The second kappa shape index (κ2) is 10.2. The first kappa shape index (κ1) is 24.2. The molecule has 1 amide bonds. The minimum Gasteiger partial charge on any atom is -0.355 e. The highest BCUT2D eigenvalue weighted by atomic mass is 35.5. The number of rotatable bonds is 7. The summed E-state index contributed by atoms with van der Waals surface area (Å²) in [5.74, 6) is 1.14. The van der Waals surface area contributed by atoms with Gasteiger partial charge in [0.1, 0.15) is 17.1 Å². The maximum atomic E-state index is 13.1. The fraction of sp³-hybridized carbons (Fsp3) is 0.417. The second-order valence-electron chi connectivity index (χ2n) is 8.99. The van der Waals surface area contributed by atoms with Gasteiger partial charge in [-0.05, 0) is 45.7 Å². The Kier molecular flexibility index (Phi) is 7.06. The quantitative estimate of drug-likeness (QED) is 0.347. The molecule has 5 rings (SSSR count). The Morgan fingerprint density at radius 2 is 2.09 bits per heavy atom. The van der Waals surface area contributed by atoms with E-state index in [-0.39, 0.29) is 11.9 Å². The molecule has 0 unspecified atom stereocenters. The molecule has 1 aliphatic rings. The van der Waals surface area contributed by atoms with E-state index in [9.17, 15) is 4.79 Å². The van der Waals surface area contributed by atoms with Gasteiger partial charge in [-0.3, -0.25) is 4.79 Å². The average molecular weight is 531 g/mol. The van der Waals surface area contributed by atoms with Crippen LogP contribution in [0.5, 0.6) is 0 Å². The summed E-state index contributed by atoms with van der Waals surface area (Å²) in [7, 11) is 0. The molecule has 0 radical (unpaired) electrons. The van der Waals surface area contributed by atoms with E-state index in [0.717, 1.165) is 47.2 Å². The van der Waals surface area contributed by atoms with Gasteiger partial charge < -0.3 is 19.3 Å². The van der Waals surface area contributed by atoms with Crippen LogP contribution >= 0.6 is 34.3 Å². The van der Waals surface area contributed by atoms with Gasteiger partial charge in [-0.1, -0.05) is 16.8 Å². The molecule has 1 fully saturated rings. The molecule has 184 valence electrons. The number of nitrogens with one attached hydrogen (secondary N) is 1. The lowest BCUT2D eigenvalue weighted by Gasteiger charge is -2.34. The Balaban J connectivity index is 1.35. The van der Waals surface area contributed by atoms with Crippen molar-refractivity contribution in [2.24, 2.45) is 0 Å². The number of halogens is 1. The van der Waals surface area contributed by atoms with Crippen LogP contribution in [0.25, 0.3) is 22.2 Å². The third kappa shape index (κ3) is 5.50. The average Bonchev–Trinajstić information content (AvgIpc) is 3.62. The van der Waals surface area contributed by atoms with E-state index in [0.29, 0.717) is 34.2 Å². The summed E-state index contributed by atoms with van der Waals surface area (Å²) in [6.45, 7) is 8.76. The molecule has 1 aliphatic heterocycles. The molecule has 5 heterocycles. The Hall–Kier alpha value is -2.53. The van der Waals surface area contributed by atoms with Gasteiger partial charge in [0.2, 0.25) is 0 Å². The van der Waals surface area contributed by atoms with Crippen LogP contribution in [0.4, 0.5) is 0 Å². The normalized spacial score (nSPS) is 15.2. The van der Waals surface area contributed by atoms with Crippen molar-refractivity contribution in [3.63, 3.8) is 0 Å². The Morgan fingerprint density at radius 1 is 1.29 bits per heavy atom. The smallest absolute Gasteiger partial charge is 0.271 e.